The second-order valence-corrected chi connectivity index (χ2v) is 4.50. The molecule has 0 unspecified atom stereocenters. The average molecular weight is 234 g/mol. The van der Waals surface area contributed by atoms with Crippen LogP contribution in [0.15, 0.2) is 10.7 Å². The van der Waals surface area contributed by atoms with Crippen molar-refractivity contribution in [3.8, 4) is 11.6 Å². The predicted octanol–water partition coefficient (Wildman–Crippen LogP) is 0.973. The summed E-state index contributed by atoms with van der Waals surface area (Å²) in [5, 5.41) is 14.1. The minimum Gasteiger partial charge on any atom is -0.332 e. The Kier molecular flexibility index (Phi) is 2.40. The monoisotopic (exact) mass is 234 g/mol. The minimum absolute atomic E-state index is 0.365. The summed E-state index contributed by atoms with van der Waals surface area (Å²) in [6, 6.07) is 0. The van der Waals surface area contributed by atoms with Crippen LogP contribution in [-0.4, -0.2) is 25.6 Å². The van der Waals surface area contributed by atoms with Crippen molar-refractivity contribution in [2.75, 3.05) is 0 Å². The Balaban J connectivity index is 1.89. The third kappa shape index (κ3) is 1.82. The first-order chi connectivity index (χ1) is 8.28. The zero-order valence-corrected chi connectivity index (χ0v) is 9.39. The molecule has 1 fully saturated rings. The number of nitrogens with one attached hydrogen (secondary N) is 1. The van der Waals surface area contributed by atoms with E-state index < -0.39 is 5.54 Å². The third-order valence-electron chi connectivity index (χ3n) is 3.25. The molecule has 0 aromatic carbocycles. The van der Waals surface area contributed by atoms with Crippen LogP contribution in [0.4, 0.5) is 0 Å². The summed E-state index contributed by atoms with van der Waals surface area (Å²) in [4.78, 5) is 4.32. The fourth-order valence-corrected chi connectivity index (χ4v) is 2.24. The standard InChI is InChI=1S/C10H14N6O/c11-10(4-2-1-3-5-10)9-13-8(17-15-9)7-6-12-16-14-7/h6H,1-5,11H2,(H,12,14,16). The summed E-state index contributed by atoms with van der Waals surface area (Å²) < 4.78 is 5.16. The molecule has 0 amide bonds. The van der Waals surface area contributed by atoms with Gasteiger partial charge in [0.05, 0.1) is 11.7 Å². The van der Waals surface area contributed by atoms with Crippen LogP contribution >= 0.6 is 0 Å². The normalized spacial score (nSPS) is 19.4. The van der Waals surface area contributed by atoms with Gasteiger partial charge in [0.15, 0.2) is 11.5 Å². The Labute approximate surface area is 97.8 Å². The maximum atomic E-state index is 6.32. The molecular weight excluding hydrogens is 220 g/mol. The topological polar surface area (TPSA) is 107 Å². The van der Waals surface area contributed by atoms with Gasteiger partial charge in [-0.15, -0.1) is 0 Å². The molecule has 17 heavy (non-hydrogen) atoms. The van der Waals surface area contributed by atoms with Crippen molar-refractivity contribution in [3.63, 3.8) is 0 Å². The molecule has 2 aromatic rings. The van der Waals surface area contributed by atoms with Gasteiger partial charge in [0.2, 0.25) is 0 Å². The molecule has 0 aliphatic heterocycles. The lowest BCUT2D eigenvalue weighted by Gasteiger charge is -2.29. The van der Waals surface area contributed by atoms with E-state index in [1.54, 1.807) is 6.20 Å². The van der Waals surface area contributed by atoms with Crippen molar-refractivity contribution in [3.05, 3.63) is 12.0 Å². The molecule has 7 heteroatoms. The van der Waals surface area contributed by atoms with Crippen LogP contribution in [0.1, 0.15) is 37.9 Å². The highest BCUT2D eigenvalue weighted by Gasteiger charge is 2.34. The van der Waals surface area contributed by atoms with Gasteiger partial charge < -0.3 is 10.3 Å². The van der Waals surface area contributed by atoms with E-state index in [1.807, 2.05) is 0 Å². The number of rotatable bonds is 2. The molecule has 1 aliphatic rings. The van der Waals surface area contributed by atoms with Crippen molar-refractivity contribution >= 4 is 0 Å². The first-order valence-electron chi connectivity index (χ1n) is 5.77. The number of hydrogen-bond acceptors (Lipinski definition) is 6. The maximum absolute atomic E-state index is 6.32. The fourth-order valence-electron chi connectivity index (χ4n) is 2.24. The molecular formula is C10H14N6O. The lowest BCUT2D eigenvalue weighted by Crippen LogP contribution is -2.39. The maximum Gasteiger partial charge on any atom is 0.280 e. The second-order valence-electron chi connectivity index (χ2n) is 4.50. The van der Waals surface area contributed by atoms with E-state index in [9.17, 15) is 0 Å². The summed E-state index contributed by atoms with van der Waals surface area (Å²) in [6.45, 7) is 0. The van der Waals surface area contributed by atoms with E-state index in [4.69, 9.17) is 10.3 Å². The highest BCUT2D eigenvalue weighted by Crippen LogP contribution is 2.33. The van der Waals surface area contributed by atoms with Crippen LogP contribution in [0.5, 0.6) is 0 Å². The molecule has 7 nitrogen and oxygen atoms in total. The Bertz CT molecular complexity index is 485. The first kappa shape index (κ1) is 10.4. The molecule has 3 rings (SSSR count). The quantitative estimate of drug-likeness (QED) is 0.801. The van der Waals surface area contributed by atoms with Crippen molar-refractivity contribution in [2.45, 2.75) is 37.6 Å². The summed E-state index contributed by atoms with van der Waals surface area (Å²) >= 11 is 0. The lowest BCUT2D eigenvalue weighted by molar-refractivity contribution is 0.275. The first-order valence-corrected chi connectivity index (χ1v) is 5.77. The second kappa shape index (κ2) is 3.92. The fraction of sp³-hybridized carbons (Fsp3) is 0.600. The van der Waals surface area contributed by atoms with Gasteiger partial charge in [0, 0.05) is 0 Å². The minimum atomic E-state index is -0.441. The van der Waals surface area contributed by atoms with Crippen LogP contribution in [0.2, 0.25) is 0 Å². The molecule has 0 saturated heterocycles. The Morgan fingerprint density at radius 1 is 1.29 bits per heavy atom. The highest BCUT2D eigenvalue weighted by atomic mass is 16.5. The van der Waals surface area contributed by atoms with Crippen LogP contribution in [0.25, 0.3) is 11.6 Å². The average Bonchev–Trinajstić information content (AvgIpc) is 3.01. The van der Waals surface area contributed by atoms with Crippen molar-refractivity contribution in [2.24, 2.45) is 5.73 Å². The van der Waals surface area contributed by atoms with E-state index in [0.29, 0.717) is 17.4 Å². The molecule has 0 bridgehead atoms. The third-order valence-corrected chi connectivity index (χ3v) is 3.25. The SMILES string of the molecule is NC1(c2noc(-c3cn[nH]n3)n2)CCCCC1. The van der Waals surface area contributed by atoms with E-state index in [0.717, 1.165) is 25.7 Å². The van der Waals surface area contributed by atoms with Gasteiger partial charge in [-0.25, -0.2) is 0 Å². The Morgan fingerprint density at radius 3 is 2.82 bits per heavy atom. The largest absolute Gasteiger partial charge is 0.332 e. The van der Waals surface area contributed by atoms with Gasteiger partial charge in [0.1, 0.15) is 0 Å². The number of aromatic amines is 1. The zero-order chi connectivity index (χ0) is 11.7. The number of hydrogen-bond donors (Lipinski definition) is 2. The van der Waals surface area contributed by atoms with E-state index in [-0.39, 0.29) is 0 Å². The number of aromatic nitrogens is 5. The van der Waals surface area contributed by atoms with Gasteiger partial charge in [0.25, 0.3) is 5.89 Å². The Morgan fingerprint density at radius 2 is 2.12 bits per heavy atom. The van der Waals surface area contributed by atoms with Crippen molar-refractivity contribution in [1.82, 2.24) is 25.6 Å². The van der Waals surface area contributed by atoms with Gasteiger partial charge in [-0.1, -0.05) is 24.4 Å². The van der Waals surface area contributed by atoms with Gasteiger partial charge in [-0.2, -0.15) is 20.4 Å². The molecule has 3 N–H and O–H groups in total. The highest BCUT2D eigenvalue weighted by molar-refractivity contribution is 5.43. The van der Waals surface area contributed by atoms with Crippen LogP contribution in [0, 0.1) is 0 Å². The van der Waals surface area contributed by atoms with E-state index in [2.05, 4.69) is 25.6 Å². The van der Waals surface area contributed by atoms with Gasteiger partial charge in [-0.05, 0) is 12.8 Å². The van der Waals surface area contributed by atoms with Crippen molar-refractivity contribution in [1.29, 1.82) is 0 Å². The molecule has 0 radical (unpaired) electrons. The van der Waals surface area contributed by atoms with Crippen LogP contribution in [-0.2, 0) is 5.54 Å². The summed E-state index contributed by atoms with van der Waals surface area (Å²) in [6.07, 6.45) is 6.82. The van der Waals surface area contributed by atoms with Gasteiger partial charge in [-0.3, -0.25) is 0 Å². The summed E-state index contributed by atoms with van der Waals surface area (Å²) in [5.41, 5.74) is 6.42. The number of nitrogens with two attached hydrogens (primary N) is 1. The lowest BCUT2D eigenvalue weighted by atomic mass is 9.82. The zero-order valence-electron chi connectivity index (χ0n) is 9.39. The Hall–Kier alpha value is -1.76. The molecule has 1 saturated carbocycles. The summed E-state index contributed by atoms with van der Waals surface area (Å²) in [7, 11) is 0. The smallest absolute Gasteiger partial charge is 0.280 e. The van der Waals surface area contributed by atoms with Crippen LogP contribution in [0.3, 0.4) is 0 Å². The predicted molar refractivity (Wildman–Crippen MR) is 58.6 cm³/mol. The molecule has 0 atom stereocenters. The van der Waals surface area contributed by atoms with E-state index in [1.165, 1.54) is 6.42 Å². The summed E-state index contributed by atoms with van der Waals surface area (Å²) in [5.74, 6) is 0.944. The van der Waals surface area contributed by atoms with Gasteiger partial charge >= 0.3 is 0 Å². The molecule has 90 valence electrons. The number of nitrogens with zero attached hydrogens (tertiary/aromatic N) is 4. The van der Waals surface area contributed by atoms with Crippen molar-refractivity contribution < 1.29 is 4.52 Å². The molecule has 2 heterocycles. The molecule has 0 spiro atoms. The molecule has 1 aliphatic carbocycles. The molecule has 2 aromatic heterocycles. The number of H-pyrrole nitrogens is 1. The van der Waals surface area contributed by atoms with E-state index >= 15 is 0 Å². The van der Waals surface area contributed by atoms with Crippen LogP contribution < -0.4 is 5.73 Å².